The molecule has 5 heteroatoms. The molecular weight excluding hydrogens is 237 g/mol. The molecule has 0 radical (unpaired) electrons. The van der Waals surface area contributed by atoms with Crippen molar-refractivity contribution in [3.05, 3.63) is 0 Å². The zero-order chi connectivity index (χ0) is 14.1. The van der Waals surface area contributed by atoms with Gasteiger partial charge in [0.2, 0.25) is 0 Å². The molecule has 0 saturated carbocycles. The second-order valence-corrected chi connectivity index (χ2v) is 8.73. The molecule has 0 heterocycles. The number of nitrogens with zero attached hydrogens (tertiary/aromatic N) is 1. The largest absolute Gasteiger partial charge is 0.347 e. The van der Waals surface area contributed by atoms with Gasteiger partial charge in [-0.3, -0.25) is 9.46 Å². The lowest BCUT2D eigenvalue weighted by Crippen LogP contribution is -2.51. The molecule has 0 rings (SSSR count). The van der Waals surface area contributed by atoms with Crippen LogP contribution in [0.25, 0.3) is 0 Å². The van der Waals surface area contributed by atoms with Crippen molar-refractivity contribution >= 4 is 7.60 Å². The summed E-state index contributed by atoms with van der Waals surface area (Å²) in [7, 11) is 1.71. The molecule has 0 saturated heterocycles. The minimum Gasteiger partial charge on any atom is -0.311 e. The van der Waals surface area contributed by atoms with E-state index < -0.39 is 7.60 Å². The molecule has 1 unspecified atom stereocenters. The Morgan fingerprint density at radius 1 is 1.00 bits per heavy atom. The van der Waals surface area contributed by atoms with Crippen molar-refractivity contribution < 1.29 is 13.6 Å². The molecule has 0 aromatic carbocycles. The molecule has 17 heavy (non-hydrogen) atoms. The quantitative estimate of drug-likeness (QED) is 0.728. The molecule has 0 fully saturated rings. The molecule has 0 amide bonds. The maximum atomic E-state index is 12.7. The third kappa shape index (κ3) is 4.06. The lowest BCUT2D eigenvalue weighted by atomic mass is 9.93. The van der Waals surface area contributed by atoms with Crippen molar-refractivity contribution in [2.75, 3.05) is 21.3 Å². The lowest BCUT2D eigenvalue weighted by molar-refractivity contribution is 0.0709. The topological polar surface area (TPSA) is 38.8 Å². The summed E-state index contributed by atoms with van der Waals surface area (Å²) in [5.41, 5.74) is -0.311. The lowest BCUT2D eigenvalue weighted by Gasteiger charge is -2.46. The van der Waals surface area contributed by atoms with Crippen LogP contribution in [0, 0.1) is 5.41 Å². The molecule has 4 nitrogen and oxygen atoms in total. The van der Waals surface area contributed by atoms with E-state index in [2.05, 4.69) is 25.7 Å². The zero-order valence-electron chi connectivity index (χ0n) is 12.7. The van der Waals surface area contributed by atoms with Crippen LogP contribution in [-0.2, 0) is 13.6 Å². The van der Waals surface area contributed by atoms with Gasteiger partial charge in [0, 0.05) is 19.8 Å². The first kappa shape index (κ1) is 17.1. The van der Waals surface area contributed by atoms with Gasteiger partial charge in [0.05, 0.1) is 0 Å². The average molecular weight is 265 g/mol. The van der Waals surface area contributed by atoms with E-state index in [0.717, 1.165) is 0 Å². The summed E-state index contributed by atoms with van der Waals surface area (Å²) >= 11 is 0. The molecule has 0 aromatic heterocycles. The summed E-state index contributed by atoms with van der Waals surface area (Å²) in [6.07, 6.45) is 0. The SMILES string of the molecule is COP(=O)(OC)C(N(C)C(C)(C)C)C(C)(C)C. The first-order valence-corrected chi connectivity index (χ1v) is 7.45. The van der Waals surface area contributed by atoms with Crippen LogP contribution in [0.2, 0.25) is 0 Å². The third-order valence-corrected chi connectivity index (χ3v) is 5.75. The fourth-order valence-electron chi connectivity index (χ4n) is 1.91. The van der Waals surface area contributed by atoms with Crippen molar-refractivity contribution in [1.82, 2.24) is 4.90 Å². The normalized spacial score (nSPS) is 16.4. The van der Waals surface area contributed by atoms with Crippen LogP contribution in [0.15, 0.2) is 0 Å². The van der Waals surface area contributed by atoms with Gasteiger partial charge in [-0.15, -0.1) is 0 Å². The van der Waals surface area contributed by atoms with Gasteiger partial charge in [0.15, 0.2) is 0 Å². The van der Waals surface area contributed by atoms with Gasteiger partial charge in [0.1, 0.15) is 5.78 Å². The van der Waals surface area contributed by atoms with Gasteiger partial charge in [0.25, 0.3) is 0 Å². The zero-order valence-corrected chi connectivity index (χ0v) is 13.6. The summed E-state index contributed by atoms with van der Waals surface area (Å²) in [5.74, 6) is -0.287. The Bertz CT molecular complexity index is 283. The minimum absolute atomic E-state index is 0.106. The second kappa shape index (κ2) is 5.40. The summed E-state index contributed by atoms with van der Waals surface area (Å²) in [6, 6.07) is 0. The average Bonchev–Trinajstić information content (AvgIpc) is 2.14. The van der Waals surface area contributed by atoms with Crippen molar-refractivity contribution in [3.8, 4) is 0 Å². The molecule has 0 spiro atoms. The van der Waals surface area contributed by atoms with Crippen LogP contribution in [0.1, 0.15) is 41.5 Å². The molecular formula is C12H28NO3P. The Morgan fingerprint density at radius 2 is 1.35 bits per heavy atom. The van der Waals surface area contributed by atoms with E-state index in [1.807, 2.05) is 27.8 Å². The molecule has 104 valence electrons. The number of hydrogen-bond donors (Lipinski definition) is 0. The van der Waals surface area contributed by atoms with E-state index in [4.69, 9.17) is 9.05 Å². The van der Waals surface area contributed by atoms with E-state index >= 15 is 0 Å². The predicted octanol–water partition coefficient (Wildman–Crippen LogP) is 3.57. The molecule has 0 aliphatic heterocycles. The number of hydrogen-bond acceptors (Lipinski definition) is 4. The monoisotopic (exact) mass is 265 g/mol. The van der Waals surface area contributed by atoms with Crippen LogP contribution in [0.5, 0.6) is 0 Å². The minimum atomic E-state index is -3.14. The Hall–Kier alpha value is 0.110. The Labute approximate surface area is 106 Å². The Morgan fingerprint density at radius 3 is 1.53 bits per heavy atom. The molecule has 0 N–H and O–H groups in total. The number of rotatable bonds is 4. The van der Waals surface area contributed by atoms with Crippen molar-refractivity contribution in [2.24, 2.45) is 5.41 Å². The smallest absolute Gasteiger partial charge is 0.311 e. The first-order chi connectivity index (χ1) is 7.40. The second-order valence-electron chi connectivity index (χ2n) is 6.43. The molecule has 0 aromatic rings. The van der Waals surface area contributed by atoms with Crippen LogP contribution >= 0.6 is 7.60 Å². The van der Waals surface area contributed by atoms with Crippen LogP contribution in [-0.4, -0.2) is 37.5 Å². The summed E-state index contributed by atoms with van der Waals surface area (Å²) < 4.78 is 23.1. The predicted molar refractivity (Wildman–Crippen MR) is 72.4 cm³/mol. The van der Waals surface area contributed by atoms with Crippen LogP contribution < -0.4 is 0 Å². The van der Waals surface area contributed by atoms with Gasteiger partial charge in [-0.2, -0.15) is 0 Å². The fraction of sp³-hybridized carbons (Fsp3) is 1.00. The highest BCUT2D eigenvalue weighted by molar-refractivity contribution is 7.54. The third-order valence-electron chi connectivity index (χ3n) is 3.01. The molecule has 0 bridgehead atoms. The molecule has 1 atom stereocenters. The maximum Gasteiger partial charge on any atom is 0.347 e. The van der Waals surface area contributed by atoms with Crippen molar-refractivity contribution in [2.45, 2.75) is 52.9 Å². The summed E-state index contributed by atoms with van der Waals surface area (Å²) in [4.78, 5) is 2.07. The van der Waals surface area contributed by atoms with E-state index in [0.29, 0.717) is 0 Å². The van der Waals surface area contributed by atoms with Crippen molar-refractivity contribution in [3.63, 3.8) is 0 Å². The molecule has 0 aliphatic carbocycles. The highest BCUT2D eigenvalue weighted by atomic mass is 31.2. The van der Waals surface area contributed by atoms with E-state index in [-0.39, 0.29) is 16.7 Å². The van der Waals surface area contributed by atoms with Crippen LogP contribution in [0.4, 0.5) is 0 Å². The maximum absolute atomic E-state index is 12.7. The summed E-state index contributed by atoms with van der Waals surface area (Å²) in [6.45, 7) is 12.4. The van der Waals surface area contributed by atoms with Gasteiger partial charge < -0.3 is 9.05 Å². The van der Waals surface area contributed by atoms with Gasteiger partial charge >= 0.3 is 7.60 Å². The Balaban J connectivity index is 5.54. The Kier molecular flexibility index (Phi) is 5.43. The van der Waals surface area contributed by atoms with Gasteiger partial charge in [-0.1, -0.05) is 20.8 Å². The van der Waals surface area contributed by atoms with Crippen molar-refractivity contribution in [1.29, 1.82) is 0 Å². The first-order valence-electron chi connectivity index (χ1n) is 5.84. The van der Waals surface area contributed by atoms with E-state index in [1.54, 1.807) is 0 Å². The fourth-order valence-corrected chi connectivity index (χ4v) is 4.18. The van der Waals surface area contributed by atoms with Gasteiger partial charge in [-0.05, 0) is 33.2 Å². The standard InChI is InChI=1S/C12H28NO3P/c1-11(2,3)10(13(7)12(4,5)6)17(14,15-8)16-9/h10H,1-9H3. The molecule has 0 aliphatic rings. The summed E-state index contributed by atoms with van der Waals surface area (Å²) in [5, 5.41) is 0. The highest BCUT2D eigenvalue weighted by Gasteiger charge is 2.47. The van der Waals surface area contributed by atoms with Crippen LogP contribution in [0.3, 0.4) is 0 Å². The van der Waals surface area contributed by atoms with E-state index in [9.17, 15) is 4.57 Å². The van der Waals surface area contributed by atoms with Gasteiger partial charge in [-0.25, -0.2) is 0 Å². The van der Waals surface area contributed by atoms with E-state index in [1.165, 1.54) is 14.2 Å². The highest BCUT2D eigenvalue weighted by Crippen LogP contribution is 2.59.